The summed E-state index contributed by atoms with van der Waals surface area (Å²) in [6.45, 7) is 2.12. The molecule has 8 nitrogen and oxygen atoms in total. The zero-order valence-electron chi connectivity index (χ0n) is 15.7. The van der Waals surface area contributed by atoms with E-state index in [4.69, 9.17) is 0 Å². The minimum absolute atomic E-state index is 0.214. The van der Waals surface area contributed by atoms with Gasteiger partial charge in [0.1, 0.15) is 0 Å². The smallest absolute Gasteiger partial charge is 0.330 e. The van der Waals surface area contributed by atoms with Crippen molar-refractivity contribution in [1.82, 2.24) is 19.8 Å². The van der Waals surface area contributed by atoms with Crippen LogP contribution in [0.2, 0.25) is 0 Å². The molecule has 3 heterocycles. The number of nitrogens with zero attached hydrogens (tertiary/aromatic N) is 3. The molecule has 4 rings (SSSR count). The van der Waals surface area contributed by atoms with Crippen LogP contribution in [0.5, 0.6) is 0 Å². The van der Waals surface area contributed by atoms with E-state index in [-0.39, 0.29) is 17.9 Å². The van der Waals surface area contributed by atoms with Crippen molar-refractivity contribution in [3.8, 4) is 0 Å². The largest absolute Gasteiger partial charge is 0.370 e. The molecular formula is C19H25N5O3. The van der Waals surface area contributed by atoms with Gasteiger partial charge in [-0.05, 0) is 32.0 Å². The molecule has 2 N–H and O–H groups in total. The number of Topliss-reactive ketones (excluding diaryl/α,β-unsaturated/α-hetero) is 1. The first-order chi connectivity index (χ1) is 13.0. The number of imidazole rings is 1. The summed E-state index contributed by atoms with van der Waals surface area (Å²) < 4.78 is 2.92. The van der Waals surface area contributed by atoms with E-state index in [1.54, 1.807) is 11.6 Å². The number of rotatable bonds is 3. The van der Waals surface area contributed by atoms with Gasteiger partial charge in [-0.3, -0.25) is 18.7 Å². The number of para-hydroxylation sites is 1. The Hall–Kier alpha value is -2.61. The topological polar surface area (TPSA) is 88.4 Å². The molecule has 0 radical (unpaired) electrons. The van der Waals surface area contributed by atoms with Gasteiger partial charge in [-0.15, -0.1) is 0 Å². The Kier molecular flexibility index (Phi) is 4.51. The highest BCUT2D eigenvalue weighted by Crippen LogP contribution is 2.30. The lowest BCUT2D eigenvalue weighted by Crippen LogP contribution is -2.46. The third kappa shape index (κ3) is 2.84. The van der Waals surface area contributed by atoms with E-state index in [1.807, 2.05) is 25.2 Å². The number of hydrogen-bond acceptors (Lipinski definition) is 5. The standard InChI is InChI=1S/C19H25N5O3/c1-20-12-7-10-23(11-8-12)13-4-3-5-14-16(13)22(2)19(27)24(14)17-15(25)6-9-21-18(17)26/h3-5,12,17,20H,6-11H2,1-2H3,(H,21,26). The average molecular weight is 371 g/mol. The third-order valence-corrected chi connectivity index (χ3v) is 5.81. The molecule has 0 aliphatic carbocycles. The van der Waals surface area contributed by atoms with Crippen LogP contribution in [0.3, 0.4) is 0 Å². The fraction of sp³-hybridized carbons (Fsp3) is 0.526. The first-order valence-corrected chi connectivity index (χ1v) is 9.45. The number of hydrogen-bond donors (Lipinski definition) is 2. The van der Waals surface area contributed by atoms with Crippen LogP contribution in [0, 0.1) is 0 Å². The second-order valence-corrected chi connectivity index (χ2v) is 7.32. The lowest BCUT2D eigenvalue weighted by molar-refractivity contribution is -0.135. The molecule has 1 atom stereocenters. The van der Waals surface area contributed by atoms with Crippen LogP contribution in [0.15, 0.2) is 23.0 Å². The number of piperidine rings is 2. The van der Waals surface area contributed by atoms with Gasteiger partial charge in [0.15, 0.2) is 11.8 Å². The number of amides is 1. The molecule has 1 aromatic heterocycles. The number of fused-ring (bicyclic) bond motifs is 1. The maximum atomic E-state index is 13.0. The van der Waals surface area contributed by atoms with Crippen LogP contribution in [0.4, 0.5) is 5.69 Å². The molecule has 144 valence electrons. The van der Waals surface area contributed by atoms with Crippen LogP contribution in [0.25, 0.3) is 11.0 Å². The molecule has 2 saturated heterocycles. The van der Waals surface area contributed by atoms with E-state index >= 15 is 0 Å². The van der Waals surface area contributed by atoms with Gasteiger partial charge in [0.2, 0.25) is 0 Å². The lowest BCUT2D eigenvalue weighted by Gasteiger charge is -2.34. The van der Waals surface area contributed by atoms with Crippen LogP contribution in [-0.2, 0) is 16.6 Å². The minimum Gasteiger partial charge on any atom is -0.370 e. The van der Waals surface area contributed by atoms with Crippen molar-refractivity contribution in [2.45, 2.75) is 31.3 Å². The third-order valence-electron chi connectivity index (χ3n) is 5.81. The summed E-state index contributed by atoms with van der Waals surface area (Å²) in [7, 11) is 3.69. The van der Waals surface area contributed by atoms with E-state index in [9.17, 15) is 14.4 Å². The van der Waals surface area contributed by atoms with Gasteiger partial charge in [-0.25, -0.2) is 4.79 Å². The van der Waals surface area contributed by atoms with Gasteiger partial charge in [-0.1, -0.05) is 6.07 Å². The Morgan fingerprint density at radius 3 is 2.56 bits per heavy atom. The van der Waals surface area contributed by atoms with Crippen LogP contribution in [-0.4, -0.2) is 53.5 Å². The summed E-state index contributed by atoms with van der Waals surface area (Å²) in [4.78, 5) is 40.0. The predicted molar refractivity (Wildman–Crippen MR) is 103 cm³/mol. The number of carbonyl (C=O) groups excluding carboxylic acids is 2. The number of nitrogens with one attached hydrogen (secondary N) is 2. The number of benzene rings is 1. The summed E-state index contributed by atoms with van der Waals surface area (Å²) in [6, 6.07) is 5.14. The normalized spacial score (nSPS) is 21.7. The molecule has 0 saturated carbocycles. The van der Waals surface area contributed by atoms with Crippen molar-refractivity contribution in [2.24, 2.45) is 7.05 Å². The second-order valence-electron chi connectivity index (χ2n) is 7.32. The zero-order chi connectivity index (χ0) is 19.1. The molecular weight excluding hydrogens is 346 g/mol. The molecule has 0 spiro atoms. The van der Waals surface area contributed by atoms with Crippen molar-refractivity contribution in [3.05, 3.63) is 28.7 Å². The number of anilines is 1. The zero-order valence-corrected chi connectivity index (χ0v) is 15.7. The molecule has 2 fully saturated rings. The van der Waals surface area contributed by atoms with Crippen molar-refractivity contribution in [1.29, 1.82) is 0 Å². The monoisotopic (exact) mass is 371 g/mol. The Morgan fingerprint density at radius 2 is 1.89 bits per heavy atom. The van der Waals surface area contributed by atoms with Crippen LogP contribution >= 0.6 is 0 Å². The predicted octanol–water partition coefficient (Wildman–Crippen LogP) is 0.158. The van der Waals surface area contributed by atoms with Crippen molar-refractivity contribution in [2.75, 3.05) is 31.6 Å². The Morgan fingerprint density at radius 1 is 1.15 bits per heavy atom. The molecule has 8 heteroatoms. The minimum atomic E-state index is -1.08. The highest BCUT2D eigenvalue weighted by molar-refractivity contribution is 6.07. The number of ketones is 1. The Balaban J connectivity index is 1.82. The summed E-state index contributed by atoms with van der Waals surface area (Å²) in [5.74, 6) is -0.616. The average Bonchev–Trinajstić information content (AvgIpc) is 2.93. The SMILES string of the molecule is CNC1CCN(c2cccc3c2n(C)c(=O)n3C2C(=O)CCNC2=O)CC1. The summed E-state index contributed by atoms with van der Waals surface area (Å²) in [6.07, 6.45) is 2.31. The van der Waals surface area contributed by atoms with Crippen LogP contribution < -0.4 is 21.2 Å². The molecule has 1 unspecified atom stereocenters. The van der Waals surface area contributed by atoms with Crippen LogP contribution in [0.1, 0.15) is 25.3 Å². The lowest BCUT2D eigenvalue weighted by atomic mass is 10.0. The van der Waals surface area contributed by atoms with Gasteiger partial charge in [0, 0.05) is 39.1 Å². The van der Waals surface area contributed by atoms with Crippen molar-refractivity contribution < 1.29 is 9.59 Å². The van der Waals surface area contributed by atoms with E-state index in [0.29, 0.717) is 18.1 Å². The summed E-state index contributed by atoms with van der Waals surface area (Å²) in [5, 5.41) is 6.03. The number of aryl methyl sites for hydroxylation is 1. The van der Waals surface area contributed by atoms with E-state index in [1.165, 1.54) is 4.57 Å². The molecule has 2 aliphatic rings. The molecule has 1 aromatic carbocycles. The van der Waals surface area contributed by atoms with Gasteiger partial charge >= 0.3 is 5.69 Å². The van der Waals surface area contributed by atoms with Crippen molar-refractivity contribution >= 4 is 28.4 Å². The summed E-state index contributed by atoms with van der Waals surface area (Å²) in [5.41, 5.74) is 2.05. The maximum absolute atomic E-state index is 13.0. The fourth-order valence-corrected chi connectivity index (χ4v) is 4.28. The van der Waals surface area contributed by atoms with E-state index in [0.717, 1.165) is 37.1 Å². The Labute approximate surface area is 157 Å². The van der Waals surface area contributed by atoms with Gasteiger partial charge in [-0.2, -0.15) is 0 Å². The summed E-state index contributed by atoms with van der Waals surface area (Å²) >= 11 is 0. The Bertz CT molecular complexity index is 936. The van der Waals surface area contributed by atoms with Gasteiger partial charge < -0.3 is 15.5 Å². The highest BCUT2D eigenvalue weighted by Gasteiger charge is 2.35. The molecule has 2 aliphatic heterocycles. The van der Waals surface area contributed by atoms with E-state index < -0.39 is 11.9 Å². The molecule has 0 bridgehead atoms. The second kappa shape index (κ2) is 6.84. The molecule has 2 aromatic rings. The number of carbonyl (C=O) groups is 2. The first kappa shape index (κ1) is 17.8. The van der Waals surface area contributed by atoms with Crippen molar-refractivity contribution in [3.63, 3.8) is 0 Å². The number of aromatic nitrogens is 2. The van der Waals surface area contributed by atoms with E-state index in [2.05, 4.69) is 15.5 Å². The maximum Gasteiger partial charge on any atom is 0.330 e. The molecule has 1 amide bonds. The first-order valence-electron chi connectivity index (χ1n) is 9.45. The highest BCUT2D eigenvalue weighted by atomic mass is 16.2. The van der Waals surface area contributed by atoms with Gasteiger partial charge in [0.25, 0.3) is 5.91 Å². The van der Waals surface area contributed by atoms with Gasteiger partial charge in [0.05, 0.1) is 16.7 Å². The molecule has 27 heavy (non-hydrogen) atoms. The fourth-order valence-electron chi connectivity index (χ4n) is 4.28. The quantitative estimate of drug-likeness (QED) is 0.751.